The van der Waals surface area contributed by atoms with Crippen molar-refractivity contribution in [2.24, 2.45) is 46.6 Å². The third-order valence-corrected chi connectivity index (χ3v) is 14.1. The highest BCUT2D eigenvalue weighted by atomic mass is 32.2. The first-order valence-electron chi connectivity index (χ1n) is 21.9. The molecular formula is C45H43N11O16S4. The molecule has 0 fully saturated rings. The first-order chi connectivity index (χ1) is 35.7. The number of fused-ring (bicyclic) bond motifs is 3. The van der Waals surface area contributed by atoms with E-state index in [1.165, 1.54) is 59.9 Å². The lowest BCUT2D eigenvalue weighted by Crippen LogP contribution is -2.15. The number of nitrogens with two attached hydrogens (primary N) is 1. The van der Waals surface area contributed by atoms with Crippen molar-refractivity contribution in [2.45, 2.75) is 43.4 Å². The van der Waals surface area contributed by atoms with Gasteiger partial charge in [0, 0.05) is 12.1 Å². The van der Waals surface area contributed by atoms with E-state index in [0.717, 1.165) is 18.2 Å². The Morgan fingerprint density at radius 2 is 1.09 bits per heavy atom. The third-order valence-electron chi connectivity index (χ3n) is 10.8. The van der Waals surface area contributed by atoms with Crippen molar-refractivity contribution < 1.29 is 71.3 Å². The zero-order valence-corrected chi connectivity index (χ0v) is 43.1. The van der Waals surface area contributed by atoms with Crippen LogP contribution in [0.3, 0.4) is 0 Å². The van der Waals surface area contributed by atoms with E-state index < -0.39 is 73.6 Å². The maximum absolute atomic E-state index is 12.8. The van der Waals surface area contributed by atoms with Gasteiger partial charge in [-0.3, -0.25) is 27.4 Å². The zero-order valence-electron chi connectivity index (χ0n) is 39.8. The molecule has 2 aromatic heterocycles. The van der Waals surface area contributed by atoms with Crippen molar-refractivity contribution in [1.82, 2.24) is 9.38 Å². The number of ether oxygens (including phenoxy) is 2. The first kappa shape index (κ1) is 55.7. The van der Waals surface area contributed by atoms with E-state index in [0.29, 0.717) is 22.2 Å². The van der Waals surface area contributed by atoms with Crippen LogP contribution in [0.15, 0.2) is 142 Å². The van der Waals surface area contributed by atoms with Gasteiger partial charge in [-0.25, -0.2) is 4.98 Å². The number of aromatic hydroxyl groups is 1. The number of rotatable bonds is 21. The fourth-order valence-electron chi connectivity index (χ4n) is 7.13. The van der Waals surface area contributed by atoms with Crippen LogP contribution in [0.25, 0.3) is 16.7 Å². The highest BCUT2D eigenvalue weighted by molar-refractivity contribution is 7.86. The van der Waals surface area contributed by atoms with E-state index in [4.69, 9.17) is 15.2 Å². The number of hydrogen-bond donors (Lipinski definition) is 6. The second kappa shape index (κ2) is 22.4. The summed E-state index contributed by atoms with van der Waals surface area (Å²) < 4.78 is 145. The maximum Gasteiger partial charge on any atom is 0.296 e. The number of hydrogen-bond acceptors (Lipinski definition) is 21. The van der Waals surface area contributed by atoms with Gasteiger partial charge < -0.3 is 20.3 Å². The van der Waals surface area contributed by atoms with E-state index >= 15 is 0 Å². The van der Waals surface area contributed by atoms with Gasteiger partial charge >= 0.3 is 0 Å². The standard InChI is InChI=1S/C45H43N11O16S4/c1-25-20-35(38(71-16-6-18-73(59,60)61)23-33(25)51-50-32-15-12-29(22-40(32)76(68,69)70)49-48-28-10-13-30(14-11-28)75(65,66)67)53-52-34-24-39(72-17-7-19-74(62,63)64)36(21-26(34)2)54-55-42-27(3)41(43(46)57)44-47-31-8-4-5-9-37(31)56(44)45(42)58/h4-5,8-15,20-24,58H,6-7,16-19H2,1-3H3,(H2,46,57)(H,59,60,61)(H,62,63,64)(H,65,66,67)(H,68,69,70). The Balaban J connectivity index is 1.23. The third kappa shape index (κ3) is 13.8. The molecule has 0 spiro atoms. The van der Waals surface area contributed by atoms with Gasteiger partial charge in [-0.05, 0) is 117 Å². The van der Waals surface area contributed by atoms with Gasteiger partial charge in [-0.2, -0.15) is 54.1 Å². The van der Waals surface area contributed by atoms with E-state index in [1.807, 2.05) is 0 Å². The minimum absolute atomic E-state index is 0.0258. The quantitative estimate of drug-likeness (QED) is 0.0221. The Morgan fingerprint density at radius 3 is 1.62 bits per heavy atom. The molecule has 0 aliphatic heterocycles. The molecule has 2 heterocycles. The summed E-state index contributed by atoms with van der Waals surface area (Å²) in [6.07, 6.45) is -0.345. The number of carbonyl (C=O) groups excluding carboxylic acids is 1. The molecule has 0 aliphatic rings. The van der Waals surface area contributed by atoms with Gasteiger partial charge in [0.25, 0.3) is 46.4 Å². The minimum atomic E-state index is -4.96. The van der Waals surface area contributed by atoms with Crippen LogP contribution in [0.5, 0.6) is 17.4 Å². The van der Waals surface area contributed by atoms with E-state index in [9.17, 15) is 61.8 Å². The second-order valence-corrected chi connectivity index (χ2v) is 22.3. The van der Waals surface area contributed by atoms with E-state index in [-0.39, 0.29) is 99.8 Å². The number of para-hydroxylation sites is 2. The number of carbonyl (C=O) groups is 1. The largest absolute Gasteiger partial charge is 0.493 e. The van der Waals surface area contributed by atoms with E-state index in [2.05, 4.69) is 45.9 Å². The summed E-state index contributed by atoms with van der Waals surface area (Å²) in [5.41, 5.74) is 7.52. The number of primary amides is 1. The molecule has 31 heteroatoms. The molecule has 0 atom stereocenters. The average molecular weight is 1120 g/mol. The summed E-state index contributed by atoms with van der Waals surface area (Å²) >= 11 is 0. The molecule has 27 nitrogen and oxygen atoms in total. The smallest absolute Gasteiger partial charge is 0.296 e. The van der Waals surface area contributed by atoms with Crippen LogP contribution < -0.4 is 15.2 Å². The summed E-state index contributed by atoms with van der Waals surface area (Å²) in [7, 11) is -18.2. The summed E-state index contributed by atoms with van der Waals surface area (Å²) in [6.45, 7) is 4.15. The van der Waals surface area contributed by atoms with Crippen LogP contribution in [-0.4, -0.2) is 97.0 Å². The number of pyridine rings is 1. The molecule has 0 bridgehead atoms. The van der Waals surface area contributed by atoms with Gasteiger partial charge in [-0.15, -0.1) is 20.5 Å². The summed E-state index contributed by atoms with van der Waals surface area (Å²) in [4.78, 5) is 16.1. The average Bonchev–Trinajstić information content (AvgIpc) is 3.73. The van der Waals surface area contributed by atoms with Crippen molar-refractivity contribution in [3.8, 4) is 17.4 Å². The van der Waals surface area contributed by atoms with Crippen molar-refractivity contribution in [2.75, 3.05) is 24.7 Å². The van der Waals surface area contributed by atoms with Crippen molar-refractivity contribution in [3.63, 3.8) is 0 Å². The number of benzene rings is 5. The van der Waals surface area contributed by atoms with Crippen LogP contribution in [0.1, 0.15) is 39.9 Å². The normalized spacial score (nSPS) is 12.8. The molecule has 0 saturated carbocycles. The Labute approximate surface area is 432 Å². The predicted molar refractivity (Wildman–Crippen MR) is 272 cm³/mol. The molecule has 0 aliphatic carbocycles. The maximum atomic E-state index is 12.8. The molecule has 7 rings (SSSR count). The first-order valence-corrected chi connectivity index (χ1v) is 28.0. The van der Waals surface area contributed by atoms with Crippen molar-refractivity contribution in [3.05, 3.63) is 113 Å². The number of azo groups is 4. The Morgan fingerprint density at radius 1 is 0.592 bits per heavy atom. The highest BCUT2D eigenvalue weighted by Gasteiger charge is 2.24. The van der Waals surface area contributed by atoms with E-state index in [1.54, 1.807) is 38.1 Å². The number of imidazole rings is 1. The molecule has 0 radical (unpaired) electrons. The van der Waals surface area contributed by atoms with Crippen molar-refractivity contribution in [1.29, 1.82) is 0 Å². The SMILES string of the molecule is Cc1cc(N=Nc2c(C)c(C(N)=O)c3nc4ccccc4n3c2O)c(OCCCS(=O)(=O)O)cc1N=Nc1cc(C)c(N=Nc2ccc(N=Nc3ccc(S(=O)(=O)O)cc3)cc2S(=O)(=O)O)cc1OCCCS(=O)(=O)O. The molecule has 7 N–H and O–H groups in total. The Hall–Kier alpha value is -8.04. The van der Waals surface area contributed by atoms with Crippen LogP contribution in [0, 0.1) is 20.8 Å². The van der Waals surface area contributed by atoms with Crippen molar-refractivity contribution >= 4 is 109 Å². The molecule has 1 amide bonds. The lowest BCUT2D eigenvalue weighted by molar-refractivity contribution is 0.100. The number of nitrogens with zero attached hydrogens (tertiary/aromatic N) is 10. The van der Waals surface area contributed by atoms with Gasteiger partial charge in [0.15, 0.2) is 5.65 Å². The van der Waals surface area contributed by atoms with Crippen LogP contribution in [0.4, 0.5) is 45.5 Å². The lowest BCUT2D eigenvalue weighted by Gasteiger charge is -2.13. The van der Waals surface area contributed by atoms with Gasteiger partial charge in [-0.1, -0.05) is 12.1 Å². The monoisotopic (exact) mass is 1120 g/mol. The number of amides is 1. The topological polar surface area (TPSA) is 415 Å². The molecular weight excluding hydrogens is 1080 g/mol. The zero-order chi connectivity index (χ0) is 55.3. The lowest BCUT2D eigenvalue weighted by atomic mass is 10.1. The number of aryl methyl sites for hydroxylation is 2. The summed E-state index contributed by atoms with van der Waals surface area (Å²) in [5.74, 6) is -2.65. The van der Waals surface area contributed by atoms with Gasteiger partial charge in [0.05, 0.1) is 69.0 Å². The van der Waals surface area contributed by atoms with Crippen LogP contribution >= 0.6 is 0 Å². The summed E-state index contributed by atoms with van der Waals surface area (Å²) in [6, 6.07) is 20.4. The summed E-state index contributed by atoms with van der Waals surface area (Å²) in [5, 5.41) is 45.0. The molecule has 0 saturated heterocycles. The molecule has 398 valence electrons. The van der Waals surface area contributed by atoms with Gasteiger partial charge in [0.2, 0.25) is 5.88 Å². The molecule has 0 unspecified atom stereocenters. The molecule has 5 aromatic carbocycles. The predicted octanol–water partition coefficient (Wildman–Crippen LogP) is 9.69. The Bertz CT molecular complexity index is 4040. The van der Waals surface area contributed by atoms with Crippen LogP contribution in [-0.2, 0) is 40.5 Å². The fraction of sp³-hybridized carbons (Fsp3) is 0.200. The molecule has 76 heavy (non-hydrogen) atoms. The van der Waals surface area contributed by atoms with Crippen LogP contribution in [0.2, 0.25) is 0 Å². The number of aromatic nitrogens is 2. The Kier molecular flexibility index (Phi) is 16.4. The van der Waals surface area contributed by atoms with Gasteiger partial charge in [0.1, 0.15) is 39.1 Å². The fourth-order valence-corrected chi connectivity index (χ4v) is 9.22. The highest BCUT2D eigenvalue weighted by Crippen LogP contribution is 2.43. The molecule has 7 aromatic rings. The second-order valence-electron chi connectivity index (χ2n) is 16.4. The minimum Gasteiger partial charge on any atom is -0.493 e.